The highest BCUT2D eigenvalue weighted by Crippen LogP contribution is 2.65. The van der Waals surface area contributed by atoms with E-state index in [0.29, 0.717) is 11.6 Å². The van der Waals surface area contributed by atoms with Crippen molar-refractivity contribution in [1.29, 1.82) is 0 Å². The van der Waals surface area contributed by atoms with Gasteiger partial charge in [-0.15, -0.1) is 0 Å². The first-order valence-corrected chi connectivity index (χ1v) is 39.8. The predicted molar refractivity (Wildman–Crippen MR) is 460 cm³/mol. The predicted octanol–water partition coefficient (Wildman–Crippen LogP) is 27.3. The molecule has 4 nitrogen and oxygen atoms in total. The molecule has 2 aliphatic heterocycles. The Morgan fingerprint density at radius 3 is 0.955 bits per heavy atom. The van der Waals surface area contributed by atoms with E-state index in [2.05, 4.69) is 376 Å². The lowest BCUT2D eigenvalue weighted by atomic mass is 9.67. The summed E-state index contributed by atoms with van der Waals surface area (Å²) in [4.78, 5) is 26.3. The average molecular weight is 1460 g/mol. The molecule has 2 aliphatic carbocycles. The third-order valence-corrected chi connectivity index (χ3v) is 25.6. The number of benzene rings is 16. The van der Waals surface area contributed by atoms with Gasteiger partial charge in [0.05, 0.1) is 33.6 Å². The van der Waals surface area contributed by atoms with Crippen LogP contribution < -0.4 is 0 Å². The molecule has 0 saturated heterocycles. The van der Waals surface area contributed by atoms with Crippen molar-refractivity contribution in [3.63, 3.8) is 0 Å². The molecule has 2 aromatic heterocycles. The van der Waals surface area contributed by atoms with Gasteiger partial charge in [-0.2, -0.15) is 0 Å². The van der Waals surface area contributed by atoms with Crippen LogP contribution in [0.2, 0.25) is 0 Å². The van der Waals surface area contributed by atoms with Crippen molar-refractivity contribution in [2.45, 2.75) is 30.4 Å². The third-order valence-electron chi connectivity index (χ3n) is 23.3. The van der Waals surface area contributed by atoms with Crippen molar-refractivity contribution in [1.82, 2.24) is 19.9 Å². The van der Waals surface area contributed by atoms with Crippen LogP contribution in [0.3, 0.4) is 0 Å². The first-order chi connectivity index (χ1) is 55.5. The second-order valence-corrected chi connectivity index (χ2v) is 31.5. The molecule has 112 heavy (non-hydrogen) atoms. The summed E-state index contributed by atoms with van der Waals surface area (Å²) in [5.41, 5.74) is 35.5. The number of hydrogen-bond donors (Lipinski definition) is 0. The highest BCUT2D eigenvalue weighted by atomic mass is 32.2. The largest absolute Gasteiger partial charge is 0.228 e. The molecule has 0 unspecified atom stereocenters. The molecule has 4 aliphatic rings. The number of hydrogen-bond acceptors (Lipinski definition) is 6. The molecular weight excluding hydrogens is 1390 g/mol. The number of fused-ring (bicyclic) bond motifs is 18. The second-order valence-electron chi connectivity index (χ2n) is 29.4. The molecule has 4 heterocycles. The Morgan fingerprint density at radius 1 is 0.152 bits per heavy atom. The van der Waals surface area contributed by atoms with E-state index in [1.165, 1.54) is 91.9 Å². The number of rotatable bonds is 11. The van der Waals surface area contributed by atoms with E-state index in [1.807, 2.05) is 47.8 Å². The van der Waals surface area contributed by atoms with Crippen LogP contribution in [-0.4, -0.2) is 19.9 Å². The minimum Gasteiger partial charge on any atom is -0.228 e. The minimum absolute atomic E-state index is 0.452. The maximum Gasteiger partial charge on any atom is 0.160 e. The molecule has 18 aromatic rings. The molecule has 0 N–H and O–H groups in total. The lowest BCUT2D eigenvalue weighted by Crippen LogP contribution is -2.32. The average Bonchev–Trinajstić information content (AvgIpc) is 1.49. The number of nitrogens with zero attached hydrogens (tertiary/aromatic N) is 4. The Labute approximate surface area is 659 Å². The van der Waals surface area contributed by atoms with Gasteiger partial charge in [-0.25, -0.2) is 19.9 Å². The highest BCUT2D eigenvalue weighted by Gasteiger charge is 2.52. The van der Waals surface area contributed by atoms with Crippen molar-refractivity contribution in [2.24, 2.45) is 0 Å². The van der Waals surface area contributed by atoms with Crippen molar-refractivity contribution in [3.8, 4) is 146 Å². The summed E-state index contributed by atoms with van der Waals surface area (Å²) in [5.74, 6) is 1.36. The van der Waals surface area contributed by atoms with Crippen molar-refractivity contribution >= 4 is 23.5 Å². The van der Waals surface area contributed by atoms with Crippen molar-refractivity contribution in [2.75, 3.05) is 0 Å². The first-order valence-electron chi connectivity index (χ1n) is 38.2. The van der Waals surface area contributed by atoms with E-state index in [9.17, 15) is 0 Å². The van der Waals surface area contributed by atoms with E-state index in [4.69, 9.17) is 19.9 Å². The lowest BCUT2D eigenvalue weighted by molar-refractivity contribution is 0.723. The minimum atomic E-state index is -0.598. The molecule has 2 spiro atoms. The fourth-order valence-corrected chi connectivity index (χ4v) is 20.7. The summed E-state index contributed by atoms with van der Waals surface area (Å²) in [7, 11) is 0. The monoisotopic (exact) mass is 1460 g/mol. The van der Waals surface area contributed by atoms with Crippen LogP contribution in [0.1, 0.15) is 44.5 Å². The van der Waals surface area contributed by atoms with Crippen LogP contribution >= 0.6 is 23.5 Å². The van der Waals surface area contributed by atoms with Gasteiger partial charge in [-0.05, 0) is 177 Å². The summed E-state index contributed by atoms with van der Waals surface area (Å²) in [6.07, 6.45) is 0. The molecule has 22 rings (SSSR count). The first kappa shape index (κ1) is 65.5. The van der Waals surface area contributed by atoms with Gasteiger partial charge in [0.2, 0.25) is 0 Å². The van der Waals surface area contributed by atoms with Crippen LogP contribution in [0.5, 0.6) is 0 Å². The smallest absolute Gasteiger partial charge is 0.160 e. The molecular formula is C106H66N4S2. The summed E-state index contributed by atoms with van der Waals surface area (Å²) in [6, 6.07) is 147. The Bertz CT molecular complexity index is 6720. The second kappa shape index (κ2) is 26.6. The van der Waals surface area contributed by atoms with Gasteiger partial charge in [0.15, 0.2) is 11.6 Å². The molecule has 522 valence electrons. The van der Waals surface area contributed by atoms with Crippen LogP contribution in [-0.2, 0) is 10.8 Å². The van der Waals surface area contributed by atoms with Gasteiger partial charge < -0.3 is 0 Å². The quantitative estimate of drug-likeness (QED) is 0.129. The standard InChI is InChI=1S/C106H66N4S2/c1-4-25-69(26-5-1)79-33-12-13-40-86(79)98-66-96(108-104(110-98)73-29-8-3-9-30-73)71-53-49-68(50-54-71)75-57-60-101-94(63-75)106(89-43-20-16-38-84(89)85-39-17-21-44-90(85)106)92-58-55-77(64-102(92)112-101)81-35-11-10-34-80(81)76-31-24-32-78(61-76)97-65-95(107-103(109-97)72-27-6-2-7-28-72)70-51-47-67(48-52-70)74-56-59-100-93(62-74)105(91-45-22-23-46-99(91)111-100)87-41-18-14-36-82(87)83-37-15-19-42-88(83)105/h1-66H. The molecule has 0 bridgehead atoms. The molecule has 0 fully saturated rings. The lowest BCUT2D eigenvalue weighted by Gasteiger charge is -2.40. The normalized spacial score (nSPS) is 13.2. The van der Waals surface area contributed by atoms with E-state index in [-0.39, 0.29) is 0 Å². The van der Waals surface area contributed by atoms with E-state index < -0.39 is 10.8 Å². The third kappa shape index (κ3) is 10.5. The van der Waals surface area contributed by atoms with Gasteiger partial charge in [-0.3, -0.25) is 0 Å². The maximum absolute atomic E-state index is 5.39. The molecule has 16 aromatic carbocycles. The van der Waals surface area contributed by atoms with Gasteiger partial charge in [0.25, 0.3) is 0 Å². The molecule has 0 radical (unpaired) electrons. The zero-order valence-electron chi connectivity index (χ0n) is 60.7. The summed E-state index contributed by atoms with van der Waals surface area (Å²) in [6.45, 7) is 0. The Morgan fingerprint density at radius 2 is 0.464 bits per heavy atom. The van der Waals surface area contributed by atoms with Crippen LogP contribution in [0.4, 0.5) is 0 Å². The zero-order valence-corrected chi connectivity index (χ0v) is 62.3. The highest BCUT2D eigenvalue weighted by molar-refractivity contribution is 7.99. The molecule has 6 heteroatoms. The van der Waals surface area contributed by atoms with Gasteiger partial charge >= 0.3 is 0 Å². The van der Waals surface area contributed by atoms with Gasteiger partial charge in [0, 0.05) is 53.0 Å². The van der Waals surface area contributed by atoms with Crippen molar-refractivity contribution in [3.05, 3.63) is 445 Å². The number of aromatic nitrogens is 4. The fourth-order valence-electron chi connectivity index (χ4n) is 18.3. The van der Waals surface area contributed by atoms with Crippen LogP contribution in [0, 0.1) is 0 Å². The molecule has 0 saturated carbocycles. The van der Waals surface area contributed by atoms with Crippen molar-refractivity contribution < 1.29 is 0 Å². The summed E-state index contributed by atoms with van der Waals surface area (Å²) < 4.78 is 0. The molecule has 0 atom stereocenters. The SMILES string of the molecule is c1ccc(-c2nc(-c3ccc(-c4ccc5c(c4)C4(c6ccccc6S5)c5ccccc5-c5ccccc54)cc3)cc(-c3cccc(-c4ccccc4-c4ccc5c(c4)Sc4ccc(-c6ccc(-c7cc(-c8ccccc8-c8ccccc8)nc(-c8ccccc8)n7)cc6)cc4C54c5ccccc5-c5ccccc54)c3)n2)cc1. The fraction of sp³-hybridized carbons (Fsp3) is 0.0189. The van der Waals surface area contributed by atoms with Gasteiger partial charge in [0.1, 0.15) is 0 Å². The van der Waals surface area contributed by atoms with E-state index in [1.54, 1.807) is 0 Å². The van der Waals surface area contributed by atoms with Crippen LogP contribution in [0.25, 0.3) is 146 Å². The van der Waals surface area contributed by atoms with Crippen LogP contribution in [0.15, 0.2) is 420 Å². The summed E-state index contributed by atoms with van der Waals surface area (Å²) in [5, 5.41) is 0. The maximum atomic E-state index is 5.39. The van der Waals surface area contributed by atoms with Gasteiger partial charge in [-0.1, -0.05) is 369 Å². The Hall–Kier alpha value is -13.6. The van der Waals surface area contributed by atoms with E-state index in [0.717, 1.165) is 106 Å². The topological polar surface area (TPSA) is 51.6 Å². The Balaban J connectivity index is 0.603. The van der Waals surface area contributed by atoms with E-state index >= 15 is 0 Å². The summed E-state index contributed by atoms with van der Waals surface area (Å²) >= 11 is 3.75. The Kier molecular flexibility index (Phi) is 15.6. The molecule has 0 amide bonds. The zero-order chi connectivity index (χ0) is 73.9.